The molecule has 1 atom stereocenters. The molecule has 1 heterocycles. The molecule has 0 amide bonds. The smallest absolute Gasteiger partial charge is 0.303 e. The molecule has 0 radical (unpaired) electrons. The summed E-state index contributed by atoms with van der Waals surface area (Å²) in [6.07, 6.45) is 6.33. The fraction of sp³-hybridized carbons (Fsp3) is 0.542. The average Bonchev–Trinajstić information content (AvgIpc) is 2.74. The van der Waals surface area contributed by atoms with Crippen molar-refractivity contribution in [1.82, 2.24) is 10.2 Å². The molecule has 168 valence electrons. The number of rotatable bonds is 9. The standard InChI is InChI=1S/C24H33ClN4O2/c1-16(2)15-29(19-7-5-4-6-8-19)21-10-9-18(17(3)13-24(30)31)14-20(21)26-23-12-11-22(25)27-28-23/h9-12,14,16-17,19H,4-8,13,15H2,1-3H3,(H,26,28)(H,30,31). The molecule has 1 unspecified atom stereocenters. The van der Waals surface area contributed by atoms with Crippen LogP contribution in [0.3, 0.4) is 0 Å². The highest BCUT2D eigenvalue weighted by atomic mass is 35.5. The summed E-state index contributed by atoms with van der Waals surface area (Å²) in [6.45, 7) is 7.41. The third kappa shape index (κ3) is 6.57. The summed E-state index contributed by atoms with van der Waals surface area (Å²) in [5.41, 5.74) is 3.05. The molecule has 31 heavy (non-hydrogen) atoms. The van der Waals surface area contributed by atoms with Crippen LogP contribution in [0, 0.1) is 5.92 Å². The van der Waals surface area contributed by atoms with E-state index in [1.165, 1.54) is 32.1 Å². The SMILES string of the molecule is CC(C)CN(c1ccc(C(C)CC(=O)O)cc1Nc1ccc(Cl)nn1)C1CCCCC1. The summed E-state index contributed by atoms with van der Waals surface area (Å²) in [5.74, 6) is 0.257. The van der Waals surface area contributed by atoms with Crippen LogP contribution in [0.1, 0.15) is 70.8 Å². The van der Waals surface area contributed by atoms with Gasteiger partial charge in [0.25, 0.3) is 0 Å². The second-order valence-electron chi connectivity index (χ2n) is 8.98. The van der Waals surface area contributed by atoms with E-state index in [0.29, 0.717) is 22.9 Å². The van der Waals surface area contributed by atoms with E-state index in [1.807, 2.05) is 6.92 Å². The molecule has 0 spiro atoms. The van der Waals surface area contributed by atoms with E-state index in [2.05, 4.69) is 52.5 Å². The van der Waals surface area contributed by atoms with Crippen LogP contribution in [0.15, 0.2) is 30.3 Å². The summed E-state index contributed by atoms with van der Waals surface area (Å²) in [5, 5.41) is 21.1. The van der Waals surface area contributed by atoms with Gasteiger partial charge in [-0.1, -0.05) is 57.7 Å². The zero-order valence-electron chi connectivity index (χ0n) is 18.6. The Morgan fingerprint density at radius 3 is 2.52 bits per heavy atom. The van der Waals surface area contributed by atoms with Crippen LogP contribution >= 0.6 is 11.6 Å². The van der Waals surface area contributed by atoms with Crippen molar-refractivity contribution in [2.75, 3.05) is 16.8 Å². The summed E-state index contributed by atoms with van der Waals surface area (Å²) in [4.78, 5) is 13.8. The van der Waals surface area contributed by atoms with E-state index in [-0.39, 0.29) is 12.3 Å². The van der Waals surface area contributed by atoms with Crippen LogP contribution in [-0.2, 0) is 4.79 Å². The Bertz CT molecular complexity index is 866. The summed E-state index contributed by atoms with van der Waals surface area (Å²) >= 11 is 5.91. The van der Waals surface area contributed by atoms with Crippen LogP contribution < -0.4 is 10.2 Å². The van der Waals surface area contributed by atoms with E-state index in [0.717, 1.165) is 23.5 Å². The number of aliphatic carboxylic acids is 1. The van der Waals surface area contributed by atoms with E-state index >= 15 is 0 Å². The molecule has 3 rings (SSSR count). The number of carboxylic acid groups (broad SMARTS) is 1. The first-order valence-corrected chi connectivity index (χ1v) is 11.6. The molecule has 7 heteroatoms. The second-order valence-corrected chi connectivity index (χ2v) is 9.37. The fourth-order valence-corrected chi connectivity index (χ4v) is 4.44. The van der Waals surface area contributed by atoms with Gasteiger partial charge >= 0.3 is 5.97 Å². The van der Waals surface area contributed by atoms with E-state index in [4.69, 9.17) is 11.6 Å². The van der Waals surface area contributed by atoms with Crippen molar-refractivity contribution < 1.29 is 9.90 Å². The Morgan fingerprint density at radius 1 is 1.16 bits per heavy atom. The zero-order chi connectivity index (χ0) is 22.4. The van der Waals surface area contributed by atoms with E-state index < -0.39 is 5.97 Å². The first kappa shape index (κ1) is 23.3. The fourth-order valence-electron chi connectivity index (χ4n) is 4.34. The number of nitrogens with one attached hydrogen (secondary N) is 1. The lowest BCUT2D eigenvalue weighted by molar-refractivity contribution is -0.137. The Balaban J connectivity index is 2.00. The summed E-state index contributed by atoms with van der Waals surface area (Å²) < 4.78 is 0. The molecule has 6 nitrogen and oxygen atoms in total. The molecule has 1 aliphatic rings. The minimum atomic E-state index is -0.793. The van der Waals surface area contributed by atoms with Gasteiger partial charge in [0.15, 0.2) is 11.0 Å². The second kappa shape index (κ2) is 10.8. The largest absolute Gasteiger partial charge is 0.481 e. The highest BCUT2D eigenvalue weighted by molar-refractivity contribution is 6.29. The van der Waals surface area contributed by atoms with Gasteiger partial charge in [-0.25, -0.2) is 0 Å². The van der Waals surface area contributed by atoms with Crippen molar-refractivity contribution in [3.05, 3.63) is 41.0 Å². The zero-order valence-corrected chi connectivity index (χ0v) is 19.4. The third-order valence-corrected chi connectivity index (χ3v) is 6.05. The highest BCUT2D eigenvalue weighted by Gasteiger charge is 2.25. The molecule has 1 aromatic carbocycles. The summed E-state index contributed by atoms with van der Waals surface area (Å²) in [6, 6.07) is 10.3. The molecule has 2 aromatic rings. The number of carbonyl (C=O) groups is 1. The molecule has 2 N–H and O–H groups in total. The topological polar surface area (TPSA) is 78.4 Å². The highest BCUT2D eigenvalue weighted by Crippen LogP contribution is 2.37. The van der Waals surface area contributed by atoms with Crippen molar-refractivity contribution in [3.8, 4) is 0 Å². The van der Waals surface area contributed by atoms with Crippen molar-refractivity contribution in [2.45, 2.75) is 71.3 Å². The first-order chi connectivity index (χ1) is 14.8. The number of halogens is 1. The number of nitrogens with zero attached hydrogens (tertiary/aromatic N) is 3. The molecular formula is C24H33ClN4O2. The van der Waals surface area contributed by atoms with Crippen LogP contribution in [0.25, 0.3) is 0 Å². The van der Waals surface area contributed by atoms with Gasteiger partial charge in [0.2, 0.25) is 0 Å². The molecule has 1 saturated carbocycles. The predicted octanol–water partition coefficient (Wildman–Crippen LogP) is 6.25. The molecule has 1 aliphatic carbocycles. The van der Waals surface area contributed by atoms with Gasteiger partial charge in [-0.3, -0.25) is 4.79 Å². The van der Waals surface area contributed by atoms with Crippen LogP contribution in [0.4, 0.5) is 17.2 Å². The lowest BCUT2D eigenvalue weighted by Crippen LogP contribution is -2.39. The van der Waals surface area contributed by atoms with E-state index in [9.17, 15) is 9.90 Å². The average molecular weight is 445 g/mol. The number of anilines is 3. The first-order valence-electron chi connectivity index (χ1n) is 11.2. The van der Waals surface area contributed by atoms with Gasteiger partial charge in [0.1, 0.15) is 0 Å². The van der Waals surface area contributed by atoms with Gasteiger partial charge in [-0.15, -0.1) is 10.2 Å². The predicted molar refractivity (Wildman–Crippen MR) is 126 cm³/mol. The monoisotopic (exact) mass is 444 g/mol. The van der Waals surface area contributed by atoms with Crippen LogP contribution in [0.5, 0.6) is 0 Å². The Hall–Kier alpha value is -2.34. The molecule has 1 fully saturated rings. The Labute approximate surface area is 190 Å². The maximum Gasteiger partial charge on any atom is 0.303 e. The van der Waals surface area contributed by atoms with Gasteiger partial charge < -0.3 is 15.3 Å². The van der Waals surface area contributed by atoms with Crippen molar-refractivity contribution in [2.24, 2.45) is 5.92 Å². The van der Waals surface area contributed by atoms with Crippen molar-refractivity contribution in [3.63, 3.8) is 0 Å². The maximum atomic E-state index is 11.2. The minimum absolute atomic E-state index is 0.0865. The molecule has 0 saturated heterocycles. The quantitative estimate of drug-likeness (QED) is 0.476. The maximum absolute atomic E-state index is 11.2. The molecule has 0 bridgehead atoms. The number of aromatic nitrogens is 2. The van der Waals surface area contributed by atoms with E-state index in [1.54, 1.807) is 12.1 Å². The third-order valence-electron chi connectivity index (χ3n) is 5.85. The minimum Gasteiger partial charge on any atom is -0.481 e. The lowest BCUT2D eigenvalue weighted by atomic mass is 9.92. The van der Waals surface area contributed by atoms with Crippen LogP contribution in [0.2, 0.25) is 5.15 Å². The molecular weight excluding hydrogens is 412 g/mol. The number of hydrogen-bond donors (Lipinski definition) is 2. The normalized spacial score (nSPS) is 15.6. The van der Waals surface area contributed by atoms with Gasteiger partial charge in [0.05, 0.1) is 17.8 Å². The van der Waals surface area contributed by atoms with Gasteiger partial charge in [0, 0.05) is 12.6 Å². The number of carboxylic acids is 1. The van der Waals surface area contributed by atoms with Gasteiger partial charge in [-0.2, -0.15) is 0 Å². The molecule has 1 aromatic heterocycles. The van der Waals surface area contributed by atoms with Gasteiger partial charge in [-0.05, 0) is 54.5 Å². The van der Waals surface area contributed by atoms with Crippen LogP contribution in [-0.4, -0.2) is 33.9 Å². The number of benzene rings is 1. The number of hydrogen-bond acceptors (Lipinski definition) is 5. The van der Waals surface area contributed by atoms with Crippen molar-refractivity contribution in [1.29, 1.82) is 0 Å². The molecule has 0 aliphatic heterocycles. The summed E-state index contributed by atoms with van der Waals surface area (Å²) in [7, 11) is 0. The van der Waals surface area contributed by atoms with Crippen molar-refractivity contribution >= 4 is 34.8 Å². The Kier molecular flexibility index (Phi) is 8.13. The lowest BCUT2D eigenvalue weighted by Gasteiger charge is -2.38. The Morgan fingerprint density at radius 2 is 1.90 bits per heavy atom.